The summed E-state index contributed by atoms with van der Waals surface area (Å²) in [5.41, 5.74) is 8.08. The molecular formula is C18H22FN3O. The van der Waals surface area contributed by atoms with Crippen LogP contribution in [0.25, 0.3) is 0 Å². The number of halogens is 1. The summed E-state index contributed by atoms with van der Waals surface area (Å²) in [6, 6.07) is 14.4. The first-order valence-corrected chi connectivity index (χ1v) is 7.58. The van der Waals surface area contributed by atoms with Gasteiger partial charge in [0.15, 0.2) is 5.96 Å². The van der Waals surface area contributed by atoms with E-state index in [9.17, 15) is 4.39 Å². The summed E-state index contributed by atoms with van der Waals surface area (Å²) >= 11 is 0. The molecule has 0 radical (unpaired) electrons. The number of ether oxygens (including phenoxy) is 1. The molecule has 0 fully saturated rings. The van der Waals surface area contributed by atoms with E-state index in [4.69, 9.17) is 10.5 Å². The van der Waals surface area contributed by atoms with Gasteiger partial charge in [0, 0.05) is 13.1 Å². The lowest BCUT2D eigenvalue weighted by molar-refractivity contribution is 0.414. The van der Waals surface area contributed by atoms with Crippen molar-refractivity contribution < 1.29 is 9.13 Å². The Bertz CT molecular complexity index is 624. The van der Waals surface area contributed by atoms with E-state index in [1.54, 1.807) is 19.2 Å². The molecule has 0 spiro atoms. The van der Waals surface area contributed by atoms with Crippen molar-refractivity contribution in [3.05, 3.63) is 65.5 Å². The Kier molecular flexibility index (Phi) is 6.41. The molecule has 0 saturated heterocycles. The Morgan fingerprint density at radius 2 is 1.65 bits per heavy atom. The van der Waals surface area contributed by atoms with Crippen LogP contribution in [0.2, 0.25) is 0 Å². The minimum atomic E-state index is -0.225. The van der Waals surface area contributed by atoms with Crippen molar-refractivity contribution in [3.8, 4) is 5.75 Å². The molecule has 4 nitrogen and oxygen atoms in total. The number of hydrogen-bond acceptors (Lipinski definition) is 2. The molecule has 0 aliphatic heterocycles. The Balaban J connectivity index is 1.69. The van der Waals surface area contributed by atoms with Crippen molar-refractivity contribution in [2.45, 2.75) is 12.8 Å². The van der Waals surface area contributed by atoms with Gasteiger partial charge in [0.1, 0.15) is 11.6 Å². The highest BCUT2D eigenvalue weighted by Gasteiger charge is 1.97. The Labute approximate surface area is 136 Å². The van der Waals surface area contributed by atoms with Crippen molar-refractivity contribution in [2.24, 2.45) is 10.7 Å². The number of nitrogens with zero attached hydrogens (tertiary/aromatic N) is 1. The highest BCUT2D eigenvalue weighted by atomic mass is 19.1. The molecule has 0 saturated carbocycles. The van der Waals surface area contributed by atoms with Crippen molar-refractivity contribution in [2.75, 3.05) is 20.2 Å². The smallest absolute Gasteiger partial charge is 0.188 e. The summed E-state index contributed by atoms with van der Waals surface area (Å²) in [6.45, 7) is 1.30. The van der Waals surface area contributed by atoms with Crippen LogP contribution in [0.5, 0.6) is 5.75 Å². The number of aliphatic imine (C=N–C) groups is 1. The number of benzene rings is 2. The minimum Gasteiger partial charge on any atom is -0.497 e. The summed E-state index contributed by atoms with van der Waals surface area (Å²) in [5, 5.41) is 3.09. The first-order chi connectivity index (χ1) is 11.2. The van der Waals surface area contributed by atoms with Gasteiger partial charge >= 0.3 is 0 Å². The summed E-state index contributed by atoms with van der Waals surface area (Å²) in [7, 11) is 1.65. The van der Waals surface area contributed by atoms with Gasteiger partial charge in [-0.3, -0.25) is 4.99 Å². The fourth-order valence-electron chi connectivity index (χ4n) is 2.14. The van der Waals surface area contributed by atoms with Crippen molar-refractivity contribution in [1.82, 2.24) is 5.32 Å². The van der Waals surface area contributed by atoms with E-state index in [0.29, 0.717) is 12.5 Å². The van der Waals surface area contributed by atoms with E-state index >= 15 is 0 Å². The maximum absolute atomic E-state index is 12.8. The topological polar surface area (TPSA) is 59.6 Å². The summed E-state index contributed by atoms with van der Waals surface area (Å²) in [4.78, 5) is 4.27. The fraction of sp³-hybridized carbons (Fsp3) is 0.278. The van der Waals surface area contributed by atoms with Crippen molar-refractivity contribution in [1.29, 1.82) is 0 Å². The molecule has 0 heterocycles. The van der Waals surface area contributed by atoms with E-state index in [1.807, 2.05) is 24.3 Å². The number of rotatable bonds is 7. The first-order valence-electron chi connectivity index (χ1n) is 7.58. The molecule has 122 valence electrons. The van der Waals surface area contributed by atoms with E-state index in [-0.39, 0.29) is 5.82 Å². The second-order valence-corrected chi connectivity index (χ2v) is 5.17. The fourth-order valence-corrected chi connectivity index (χ4v) is 2.14. The molecule has 5 heteroatoms. The normalized spacial score (nSPS) is 11.3. The van der Waals surface area contributed by atoms with Crippen LogP contribution in [-0.4, -0.2) is 26.2 Å². The molecular weight excluding hydrogens is 293 g/mol. The van der Waals surface area contributed by atoms with Crippen LogP contribution in [0.3, 0.4) is 0 Å². The number of hydrogen-bond donors (Lipinski definition) is 2. The van der Waals surface area contributed by atoms with Crippen LogP contribution in [-0.2, 0) is 12.8 Å². The summed E-state index contributed by atoms with van der Waals surface area (Å²) in [6.07, 6.45) is 1.60. The lowest BCUT2D eigenvalue weighted by Crippen LogP contribution is -2.33. The average Bonchev–Trinajstić information content (AvgIpc) is 2.57. The van der Waals surface area contributed by atoms with Gasteiger partial charge in [0.2, 0.25) is 0 Å². The second-order valence-electron chi connectivity index (χ2n) is 5.17. The predicted octanol–water partition coefficient (Wildman–Crippen LogP) is 2.52. The third-order valence-electron chi connectivity index (χ3n) is 3.47. The molecule has 0 amide bonds. The van der Waals surface area contributed by atoms with Gasteiger partial charge in [-0.05, 0) is 48.2 Å². The maximum atomic E-state index is 12.8. The van der Waals surface area contributed by atoms with E-state index in [1.165, 1.54) is 17.7 Å². The van der Waals surface area contributed by atoms with Gasteiger partial charge in [-0.25, -0.2) is 4.39 Å². The Hall–Kier alpha value is -2.56. The van der Waals surface area contributed by atoms with E-state index in [2.05, 4.69) is 10.3 Å². The molecule has 2 rings (SSSR count). The minimum absolute atomic E-state index is 0.225. The molecule has 3 N–H and O–H groups in total. The molecule has 0 unspecified atom stereocenters. The highest BCUT2D eigenvalue weighted by molar-refractivity contribution is 5.77. The Morgan fingerprint density at radius 3 is 2.30 bits per heavy atom. The Morgan fingerprint density at radius 1 is 1.04 bits per heavy atom. The van der Waals surface area contributed by atoms with Crippen LogP contribution in [0.15, 0.2) is 53.5 Å². The summed E-state index contributed by atoms with van der Waals surface area (Å²) < 4.78 is 17.9. The molecule has 2 aromatic rings. The molecule has 0 aromatic heterocycles. The van der Waals surface area contributed by atoms with Gasteiger partial charge in [0.25, 0.3) is 0 Å². The van der Waals surface area contributed by atoms with Gasteiger partial charge in [0.05, 0.1) is 7.11 Å². The first kappa shape index (κ1) is 16.8. The van der Waals surface area contributed by atoms with Crippen LogP contribution in [0.4, 0.5) is 4.39 Å². The molecule has 23 heavy (non-hydrogen) atoms. The van der Waals surface area contributed by atoms with Crippen LogP contribution in [0.1, 0.15) is 11.1 Å². The number of nitrogens with one attached hydrogen (secondary N) is 1. The molecule has 0 atom stereocenters. The molecule has 0 aliphatic rings. The van der Waals surface area contributed by atoms with Crippen LogP contribution < -0.4 is 15.8 Å². The van der Waals surface area contributed by atoms with Crippen molar-refractivity contribution in [3.63, 3.8) is 0 Å². The van der Waals surface area contributed by atoms with Gasteiger partial charge in [-0.2, -0.15) is 0 Å². The predicted molar refractivity (Wildman–Crippen MR) is 91.3 cm³/mol. The van der Waals surface area contributed by atoms with Gasteiger partial charge in [-0.1, -0.05) is 24.3 Å². The third kappa shape index (κ3) is 5.98. The van der Waals surface area contributed by atoms with E-state index < -0.39 is 0 Å². The largest absolute Gasteiger partial charge is 0.497 e. The summed E-state index contributed by atoms with van der Waals surface area (Å²) in [5.74, 6) is 1.06. The monoisotopic (exact) mass is 315 g/mol. The zero-order chi connectivity index (χ0) is 16.5. The lowest BCUT2D eigenvalue weighted by Gasteiger charge is -2.07. The molecule has 0 aliphatic carbocycles. The zero-order valence-electron chi connectivity index (χ0n) is 13.3. The van der Waals surface area contributed by atoms with Crippen molar-refractivity contribution >= 4 is 5.96 Å². The zero-order valence-corrected chi connectivity index (χ0v) is 13.3. The highest BCUT2D eigenvalue weighted by Crippen LogP contribution is 2.11. The quantitative estimate of drug-likeness (QED) is 0.610. The van der Waals surface area contributed by atoms with Gasteiger partial charge in [-0.15, -0.1) is 0 Å². The maximum Gasteiger partial charge on any atom is 0.188 e. The van der Waals surface area contributed by atoms with Gasteiger partial charge < -0.3 is 15.8 Å². The van der Waals surface area contributed by atoms with Crippen LogP contribution >= 0.6 is 0 Å². The third-order valence-corrected chi connectivity index (χ3v) is 3.47. The number of nitrogens with two attached hydrogens (primary N) is 1. The lowest BCUT2D eigenvalue weighted by atomic mass is 10.1. The standard InChI is InChI=1S/C18H22FN3O/c1-23-17-8-4-15(5-9-17)11-13-22-18(20)21-12-10-14-2-6-16(19)7-3-14/h2-9H,10-13H2,1H3,(H3,20,21,22). The van der Waals surface area contributed by atoms with Crippen LogP contribution in [0, 0.1) is 5.82 Å². The SMILES string of the molecule is COc1ccc(CCNC(N)=NCCc2ccc(F)cc2)cc1. The number of guanidine groups is 1. The second kappa shape index (κ2) is 8.78. The number of methoxy groups -OCH3 is 1. The average molecular weight is 315 g/mol. The molecule has 0 bridgehead atoms. The van der Waals surface area contributed by atoms with E-state index in [0.717, 1.165) is 30.7 Å². The molecule has 2 aromatic carbocycles.